The molecule has 0 spiro atoms. The van der Waals surface area contributed by atoms with E-state index in [9.17, 15) is 22.8 Å². The lowest BCUT2D eigenvalue weighted by atomic mass is 10.0. The Morgan fingerprint density at radius 1 is 1.19 bits per heavy atom. The predicted octanol–water partition coefficient (Wildman–Crippen LogP) is 2.66. The number of methoxy groups -OCH3 is 1. The Labute approximate surface area is 183 Å². The minimum atomic E-state index is -4.69. The van der Waals surface area contributed by atoms with Crippen molar-refractivity contribution in [1.82, 2.24) is 10.2 Å². The van der Waals surface area contributed by atoms with Gasteiger partial charge in [0.05, 0.1) is 24.3 Å². The molecule has 10 heteroatoms. The maximum Gasteiger partial charge on any atom is 0.417 e. The molecule has 2 amide bonds. The van der Waals surface area contributed by atoms with Crippen LogP contribution >= 0.6 is 0 Å². The molecular weight excluding hydrogens is 425 g/mol. The van der Waals surface area contributed by atoms with Crippen LogP contribution in [0.2, 0.25) is 0 Å². The SMILES string of the molecule is CNC(=O)C1CN(c2ccc(C#N)c(C(F)(F)F)c2)CCN1C(=O)c1cccc(OC)c1. The molecule has 1 atom stereocenters. The van der Waals surface area contributed by atoms with Crippen LogP contribution in [0.15, 0.2) is 42.5 Å². The fourth-order valence-corrected chi connectivity index (χ4v) is 3.63. The lowest BCUT2D eigenvalue weighted by Gasteiger charge is -2.41. The second-order valence-electron chi connectivity index (χ2n) is 7.15. The van der Waals surface area contributed by atoms with E-state index in [4.69, 9.17) is 10.00 Å². The zero-order valence-corrected chi connectivity index (χ0v) is 17.4. The van der Waals surface area contributed by atoms with Crippen LogP contribution in [-0.2, 0) is 11.0 Å². The van der Waals surface area contributed by atoms with Gasteiger partial charge in [-0.25, -0.2) is 0 Å². The Morgan fingerprint density at radius 3 is 2.56 bits per heavy atom. The number of hydrogen-bond donors (Lipinski definition) is 1. The molecule has 2 aromatic carbocycles. The number of amides is 2. The summed E-state index contributed by atoms with van der Waals surface area (Å²) in [7, 11) is 2.90. The summed E-state index contributed by atoms with van der Waals surface area (Å²) in [6.45, 7) is 0.334. The highest BCUT2D eigenvalue weighted by atomic mass is 19.4. The monoisotopic (exact) mass is 446 g/mol. The van der Waals surface area contributed by atoms with Crippen molar-refractivity contribution >= 4 is 17.5 Å². The van der Waals surface area contributed by atoms with E-state index in [0.29, 0.717) is 11.3 Å². The number of nitriles is 1. The number of benzene rings is 2. The number of nitrogens with zero attached hydrogens (tertiary/aromatic N) is 3. The number of hydrogen-bond acceptors (Lipinski definition) is 5. The Balaban J connectivity index is 1.90. The normalized spacial score (nSPS) is 16.3. The van der Waals surface area contributed by atoms with Crippen LogP contribution in [0.25, 0.3) is 0 Å². The highest BCUT2D eigenvalue weighted by Gasteiger charge is 2.38. The van der Waals surface area contributed by atoms with Crippen LogP contribution in [0.5, 0.6) is 5.75 Å². The molecule has 1 unspecified atom stereocenters. The summed E-state index contributed by atoms with van der Waals surface area (Å²) in [6, 6.07) is 10.6. The molecule has 0 bridgehead atoms. The van der Waals surface area contributed by atoms with Gasteiger partial charge < -0.3 is 19.9 Å². The van der Waals surface area contributed by atoms with Gasteiger partial charge in [0.2, 0.25) is 5.91 Å². The van der Waals surface area contributed by atoms with Gasteiger partial charge in [-0.05, 0) is 36.4 Å². The molecule has 32 heavy (non-hydrogen) atoms. The fraction of sp³-hybridized carbons (Fsp3) is 0.318. The Hall–Kier alpha value is -3.74. The van der Waals surface area contributed by atoms with Gasteiger partial charge in [-0.1, -0.05) is 6.07 Å². The molecule has 1 aliphatic heterocycles. The van der Waals surface area contributed by atoms with Crippen LogP contribution in [0, 0.1) is 11.3 Å². The van der Waals surface area contributed by atoms with Crippen LogP contribution in [0.3, 0.4) is 0 Å². The molecule has 2 aromatic rings. The first-order chi connectivity index (χ1) is 15.2. The van der Waals surface area contributed by atoms with Crippen molar-refractivity contribution in [2.75, 3.05) is 38.7 Å². The summed E-state index contributed by atoms with van der Waals surface area (Å²) in [6.07, 6.45) is -4.69. The van der Waals surface area contributed by atoms with Crippen LogP contribution in [0.1, 0.15) is 21.5 Å². The van der Waals surface area contributed by atoms with Gasteiger partial charge in [-0.3, -0.25) is 9.59 Å². The standard InChI is InChI=1S/C22H21F3N4O3/c1-27-20(30)19-13-28(16-7-6-15(12-26)18(11-16)22(23,24)25)8-9-29(19)21(31)14-4-3-5-17(10-14)32-2/h3-7,10-11,19H,8-9,13H2,1-2H3,(H,27,30). The zero-order valence-electron chi connectivity index (χ0n) is 17.4. The van der Waals surface area contributed by atoms with Crippen LogP contribution in [0.4, 0.5) is 18.9 Å². The molecule has 1 fully saturated rings. The van der Waals surface area contributed by atoms with E-state index in [1.165, 1.54) is 25.1 Å². The Bertz CT molecular complexity index is 1070. The highest BCUT2D eigenvalue weighted by Crippen LogP contribution is 2.35. The smallest absolute Gasteiger partial charge is 0.417 e. The zero-order chi connectivity index (χ0) is 23.5. The highest BCUT2D eigenvalue weighted by molar-refractivity contribution is 5.98. The first kappa shape index (κ1) is 22.9. The van der Waals surface area contributed by atoms with Crippen molar-refractivity contribution in [3.05, 3.63) is 59.2 Å². The Morgan fingerprint density at radius 2 is 1.94 bits per heavy atom. The third kappa shape index (κ3) is 4.61. The van der Waals surface area contributed by atoms with Gasteiger partial charge >= 0.3 is 6.18 Å². The van der Waals surface area contributed by atoms with Gasteiger partial charge in [-0.2, -0.15) is 18.4 Å². The summed E-state index contributed by atoms with van der Waals surface area (Å²) < 4.78 is 45.2. The number of ether oxygens (including phenoxy) is 1. The van der Waals surface area contributed by atoms with Crippen LogP contribution in [-0.4, -0.2) is 56.5 Å². The average molecular weight is 446 g/mol. The van der Waals surface area contributed by atoms with Crippen molar-refractivity contribution in [2.45, 2.75) is 12.2 Å². The number of piperazine rings is 1. The number of halogens is 3. The quantitative estimate of drug-likeness (QED) is 0.781. The summed E-state index contributed by atoms with van der Waals surface area (Å²) in [5.74, 6) is -0.327. The molecule has 168 valence electrons. The second-order valence-corrected chi connectivity index (χ2v) is 7.15. The van der Waals surface area contributed by atoms with E-state index in [2.05, 4.69) is 5.32 Å². The third-order valence-electron chi connectivity index (χ3n) is 5.30. The maximum absolute atomic E-state index is 13.4. The van der Waals surface area contributed by atoms with Gasteiger partial charge in [0.1, 0.15) is 11.8 Å². The minimum Gasteiger partial charge on any atom is -0.497 e. The van der Waals surface area contributed by atoms with Gasteiger partial charge in [0.15, 0.2) is 0 Å². The molecule has 1 heterocycles. The average Bonchev–Trinajstić information content (AvgIpc) is 2.81. The molecule has 1 aliphatic rings. The number of rotatable bonds is 4. The molecule has 1 N–H and O–H groups in total. The molecule has 1 saturated heterocycles. The molecule has 7 nitrogen and oxygen atoms in total. The lowest BCUT2D eigenvalue weighted by Crippen LogP contribution is -2.60. The first-order valence-corrected chi connectivity index (χ1v) is 9.72. The van der Waals surface area contributed by atoms with Gasteiger partial charge in [0, 0.05) is 37.9 Å². The number of carbonyl (C=O) groups is 2. The van der Waals surface area contributed by atoms with E-state index >= 15 is 0 Å². The maximum atomic E-state index is 13.4. The molecule has 0 radical (unpaired) electrons. The second kappa shape index (κ2) is 9.18. The van der Waals surface area contributed by atoms with E-state index in [-0.39, 0.29) is 31.2 Å². The Kier molecular flexibility index (Phi) is 6.58. The van der Waals surface area contributed by atoms with Gasteiger partial charge in [-0.15, -0.1) is 0 Å². The third-order valence-corrected chi connectivity index (χ3v) is 5.30. The first-order valence-electron chi connectivity index (χ1n) is 9.72. The van der Waals surface area contributed by atoms with E-state index in [1.54, 1.807) is 35.2 Å². The molecule has 0 aliphatic carbocycles. The molecular formula is C22H21F3N4O3. The van der Waals surface area contributed by atoms with Gasteiger partial charge in [0.25, 0.3) is 5.91 Å². The van der Waals surface area contributed by atoms with Crippen molar-refractivity contribution in [1.29, 1.82) is 5.26 Å². The van der Waals surface area contributed by atoms with Crippen molar-refractivity contribution in [3.63, 3.8) is 0 Å². The van der Waals surface area contributed by atoms with Crippen molar-refractivity contribution in [3.8, 4) is 11.8 Å². The topological polar surface area (TPSA) is 85.7 Å². The van der Waals surface area contributed by atoms with Crippen LogP contribution < -0.4 is 15.0 Å². The summed E-state index contributed by atoms with van der Waals surface area (Å²) in [5.41, 5.74) is -0.956. The summed E-state index contributed by atoms with van der Waals surface area (Å²) in [4.78, 5) is 28.7. The number of nitrogens with one attached hydrogen (secondary N) is 1. The van der Waals surface area contributed by atoms with Crippen molar-refractivity contribution in [2.24, 2.45) is 0 Å². The number of alkyl halides is 3. The van der Waals surface area contributed by atoms with E-state index in [0.717, 1.165) is 12.1 Å². The predicted molar refractivity (Wildman–Crippen MR) is 110 cm³/mol. The summed E-state index contributed by atoms with van der Waals surface area (Å²) >= 11 is 0. The van der Waals surface area contributed by atoms with E-state index < -0.39 is 29.3 Å². The molecule has 0 aromatic heterocycles. The number of carbonyl (C=O) groups excluding carboxylic acids is 2. The minimum absolute atomic E-state index is 0.00141. The number of likely N-dealkylation sites (N-methyl/N-ethyl adjacent to an activating group) is 1. The summed E-state index contributed by atoms with van der Waals surface area (Å²) in [5, 5.41) is 11.5. The largest absolute Gasteiger partial charge is 0.497 e. The molecule has 3 rings (SSSR count). The van der Waals surface area contributed by atoms with Crippen molar-refractivity contribution < 1.29 is 27.5 Å². The number of anilines is 1. The molecule has 0 saturated carbocycles. The van der Waals surface area contributed by atoms with E-state index in [1.807, 2.05) is 0 Å². The lowest BCUT2D eigenvalue weighted by molar-refractivity contribution is -0.137. The fourth-order valence-electron chi connectivity index (χ4n) is 3.63.